The van der Waals surface area contributed by atoms with E-state index in [1.807, 2.05) is 6.07 Å². The molecule has 0 spiro atoms. The van der Waals surface area contributed by atoms with Crippen molar-refractivity contribution in [3.8, 4) is 0 Å². The summed E-state index contributed by atoms with van der Waals surface area (Å²) in [6.07, 6.45) is 5.19. The second-order valence-electron chi connectivity index (χ2n) is 6.12. The number of hydrogen-bond donors (Lipinski definition) is 0. The SMILES string of the molecule is O=C1C(c2ccccc2)CC2C3CCC(C3)C12. The molecule has 1 aromatic carbocycles. The molecule has 0 heterocycles. The van der Waals surface area contributed by atoms with Crippen molar-refractivity contribution in [3.63, 3.8) is 0 Å². The zero-order chi connectivity index (χ0) is 11.4. The van der Waals surface area contributed by atoms with Crippen LogP contribution in [0.2, 0.25) is 0 Å². The molecular weight excluding hydrogens is 208 g/mol. The van der Waals surface area contributed by atoms with Gasteiger partial charge in [0.15, 0.2) is 0 Å². The first kappa shape index (κ1) is 9.87. The summed E-state index contributed by atoms with van der Waals surface area (Å²) >= 11 is 0. The van der Waals surface area contributed by atoms with E-state index in [1.54, 1.807) is 0 Å². The minimum atomic E-state index is 0.217. The lowest BCUT2D eigenvalue weighted by Crippen LogP contribution is -2.22. The Morgan fingerprint density at radius 3 is 2.47 bits per heavy atom. The number of Topliss-reactive ketones (excluding diaryl/α,β-unsaturated/α-hetero) is 1. The molecule has 3 fully saturated rings. The number of hydrogen-bond acceptors (Lipinski definition) is 1. The van der Waals surface area contributed by atoms with Gasteiger partial charge in [-0.3, -0.25) is 4.79 Å². The van der Waals surface area contributed by atoms with Crippen molar-refractivity contribution in [2.45, 2.75) is 31.6 Å². The average Bonchev–Trinajstić information content (AvgIpc) is 3.03. The summed E-state index contributed by atoms with van der Waals surface area (Å²) in [5.74, 6) is 3.56. The monoisotopic (exact) mass is 226 g/mol. The first-order valence-electron chi connectivity index (χ1n) is 6.93. The molecular formula is C16H18O. The van der Waals surface area contributed by atoms with Crippen molar-refractivity contribution in [2.24, 2.45) is 23.7 Å². The minimum absolute atomic E-state index is 0.217. The first-order chi connectivity index (χ1) is 8.34. The van der Waals surface area contributed by atoms with Crippen LogP contribution in [0.4, 0.5) is 0 Å². The Morgan fingerprint density at radius 1 is 0.941 bits per heavy atom. The zero-order valence-corrected chi connectivity index (χ0v) is 10.0. The van der Waals surface area contributed by atoms with E-state index in [2.05, 4.69) is 24.3 Å². The summed E-state index contributed by atoms with van der Waals surface area (Å²) in [7, 11) is 0. The molecule has 0 aliphatic heterocycles. The lowest BCUT2D eigenvalue weighted by molar-refractivity contribution is -0.123. The molecule has 0 amide bonds. The normalized spacial score (nSPS) is 43.1. The van der Waals surface area contributed by atoms with E-state index in [9.17, 15) is 4.79 Å². The summed E-state index contributed by atoms with van der Waals surface area (Å²) in [4.78, 5) is 12.6. The highest BCUT2D eigenvalue weighted by Gasteiger charge is 2.56. The Balaban J connectivity index is 1.67. The molecule has 5 unspecified atom stereocenters. The van der Waals surface area contributed by atoms with Gasteiger partial charge in [-0.05, 0) is 49.0 Å². The van der Waals surface area contributed by atoms with Gasteiger partial charge in [-0.1, -0.05) is 30.3 Å². The summed E-state index contributed by atoms with van der Waals surface area (Å²) in [5, 5.41) is 0. The van der Waals surface area contributed by atoms with Crippen molar-refractivity contribution < 1.29 is 4.79 Å². The lowest BCUT2D eigenvalue weighted by Gasteiger charge is -2.22. The molecule has 1 aromatic rings. The van der Waals surface area contributed by atoms with E-state index < -0.39 is 0 Å². The minimum Gasteiger partial charge on any atom is -0.299 e. The highest BCUT2D eigenvalue weighted by Crippen LogP contribution is 2.60. The predicted molar refractivity (Wildman–Crippen MR) is 66.6 cm³/mol. The average molecular weight is 226 g/mol. The molecule has 3 aliphatic carbocycles. The fraction of sp³-hybridized carbons (Fsp3) is 0.562. The Bertz CT molecular complexity index is 450. The molecule has 0 aromatic heterocycles. The van der Waals surface area contributed by atoms with Gasteiger partial charge in [-0.25, -0.2) is 0 Å². The molecule has 3 aliphatic rings. The fourth-order valence-corrected chi connectivity index (χ4v) is 4.80. The van der Waals surface area contributed by atoms with Crippen LogP contribution in [0, 0.1) is 23.7 Å². The van der Waals surface area contributed by atoms with E-state index in [1.165, 1.54) is 24.8 Å². The van der Waals surface area contributed by atoms with Crippen molar-refractivity contribution in [2.75, 3.05) is 0 Å². The van der Waals surface area contributed by atoms with E-state index in [0.717, 1.165) is 24.2 Å². The van der Waals surface area contributed by atoms with Crippen molar-refractivity contribution in [3.05, 3.63) is 35.9 Å². The van der Waals surface area contributed by atoms with Gasteiger partial charge in [0.2, 0.25) is 0 Å². The van der Waals surface area contributed by atoms with Crippen molar-refractivity contribution >= 4 is 5.78 Å². The maximum atomic E-state index is 12.6. The standard InChI is InChI=1S/C16H18O/c17-16-14(10-4-2-1-3-5-10)9-13-11-6-7-12(8-11)15(13)16/h1-5,11-15H,6-9H2. The van der Waals surface area contributed by atoms with Crippen LogP contribution in [0.5, 0.6) is 0 Å². The van der Waals surface area contributed by atoms with E-state index in [4.69, 9.17) is 0 Å². The maximum absolute atomic E-state index is 12.6. The Hall–Kier alpha value is -1.11. The number of ketones is 1. The third-order valence-electron chi connectivity index (χ3n) is 5.47. The van der Waals surface area contributed by atoms with Crippen molar-refractivity contribution in [1.29, 1.82) is 0 Å². The maximum Gasteiger partial charge on any atom is 0.143 e. The summed E-state index contributed by atoms with van der Waals surface area (Å²) in [5.41, 5.74) is 1.26. The predicted octanol–water partition coefficient (Wildman–Crippen LogP) is 3.41. The molecule has 3 saturated carbocycles. The number of carbonyl (C=O) groups is 1. The molecule has 0 saturated heterocycles. The molecule has 5 atom stereocenters. The molecule has 4 rings (SSSR count). The zero-order valence-electron chi connectivity index (χ0n) is 10.0. The van der Waals surface area contributed by atoms with Gasteiger partial charge in [0.1, 0.15) is 5.78 Å². The summed E-state index contributed by atoms with van der Waals surface area (Å²) in [6, 6.07) is 10.4. The van der Waals surface area contributed by atoms with E-state index in [-0.39, 0.29) is 5.92 Å². The molecule has 1 heteroatoms. The Kier molecular flexibility index (Phi) is 2.00. The van der Waals surface area contributed by atoms with Gasteiger partial charge in [-0.2, -0.15) is 0 Å². The molecule has 0 N–H and O–H groups in total. The largest absolute Gasteiger partial charge is 0.299 e. The van der Waals surface area contributed by atoms with Crippen molar-refractivity contribution in [1.82, 2.24) is 0 Å². The quantitative estimate of drug-likeness (QED) is 0.717. The Labute approximate surface area is 102 Å². The van der Waals surface area contributed by atoms with Crippen LogP contribution < -0.4 is 0 Å². The Morgan fingerprint density at radius 2 is 1.71 bits per heavy atom. The number of rotatable bonds is 1. The van der Waals surface area contributed by atoms with E-state index >= 15 is 0 Å². The van der Waals surface area contributed by atoms with Gasteiger partial charge in [0, 0.05) is 11.8 Å². The van der Waals surface area contributed by atoms with Gasteiger partial charge >= 0.3 is 0 Å². The lowest BCUT2D eigenvalue weighted by atomic mass is 9.81. The molecule has 0 radical (unpaired) electrons. The van der Waals surface area contributed by atoms with E-state index in [0.29, 0.717) is 11.7 Å². The highest BCUT2D eigenvalue weighted by atomic mass is 16.1. The van der Waals surface area contributed by atoms with Crippen LogP contribution in [0.1, 0.15) is 37.2 Å². The number of fused-ring (bicyclic) bond motifs is 5. The fourth-order valence-electron chi connectivity index (χ4n) is 4.80. The third-order valence-corrected chi connectivity index (χ3v) is 5.47. The smallest absolute Gasteiger partial charge is 0.143 e. The van der Waals surface area contributed by atoms with Gasteiger partial charge in [0.25, 0.3) is 0 Å². The molecule has 17 heavy (non-hydrogen) atoms. The topological polar surface area (TPSA) is 17.1 Å². The second-order valence-corrected chi connectivity index (χ2v) is 6.12. The van der Waals surface area contributed by atoms with Crippen LogP contribution in [0.15, 0.2) is 30.3 Å². The van der Waals surface area contributed by atoms with Gasteiger partial charge in [0.05, 0.1) is 0 Å². The summed E-state index contributed by atoms with van der Waals surface area (Å²) in [6.45, 7) is 0. The van der Waals surface area contributed by atoms with Crippen LogP contribution in [0.3, 0.4) is 0 Å². The number of benzene rings is 1. The number of carbonyl (C=O) groups excluding carboxylic acids is 1. The molecule has 88 valence electrons. The van der Waals surface area contributed by atoms with Crippen LogP contribution in [-0.2, 0) is 4.79 Å². The first-order valence-corrected chi connectivity index (χ1v) is 6.93. The molecule has 1 nitrogen and oxygen atoms in total. The summed E-state index contributed by atoms with van der Waals surface area (Å²) < 4.78 is 0. The molecule has 2 bridgehead atoms. The van der Waals surface area contributed by atoms with Crippen LogP contribution in [0.25, 0.3) is 0 Å². The second kappa shape index (κ2) is 3.44. The van der Waals surface area contributed by atoms with Gasteiger partial charge < -0.3 is 0 Å². The third kappa shape index (κ3) is 1.28. The van der Waals surface area contributed by atoms with Crippen LogP contribution >= 0.6 is 0 Å². The van der Waals surface area contributed by atoms with Gasteiger partial charge in [-0.15, -0.1) is 0 Å². The highest BCUT2D eigenvalue weighted by molar-refractivity contribution is 5.91. The van der Waals surface area contributed by atoms with Crippen LogP contribution in [-0.4, -0.2) is 5.78 Å².